The Bertz CT molecular complexity index is 227. The van der Waals surface area contributed by atoms with E-state index in [1.165, 1.54) is 51.7 Å². The number of nitrogens with zero attached hydrogens (tertiary/aromatic N) is 1. The highest BCUT2D eigenvalue weighted by Crippen LogP contribution is 2.19. The summed E-state index contributed by atoms with van der Waals surface area (Å²) in [4.78, 5) is 2.76. The second kappa shape index (κ2) is 8.97. The van der Waals surface area contributed by atoms with Crippen LogP contribution in [0.1, 0.15) is 66.7 Å². The Kier molecular flexibility index (Phi) is 8.01. The molecular weight excluding hydrogens is 232 g/mol. The Morgan fingerprint density at radius 3 is 2.58 bits per heavy atom. The fourth-order valence-electron chi connectivity index (χ4n) is 3.11. The van der Waals surface area contributed by atoms with Crippen LogP contribution in [-0.4, -0.2) is 36.6 Å². The lowest BCUT2D eigenvalue weighted by Gasteiger charge is -2.33. The van der Waals surface area contributed by atoms with E-state index in [9.17, 15) is 0 Å². The van der Waals surface area contributed by atoms with E-state index in [1.54, 1.807) is 0 Å². The van der Waals surface area contributed by atoms with Crippen molar-refractivity contribution in [2.75, 3.05) is 19.6 Å². The molecular formula is C17H36N2. The largest absolute Gasteiger partial charge is 0.312 e. The summed E-state index contributed by atoms with van der Waals surface area (Å²) in [6.07, 6.45) is 6.78. The Balaban J connectivity index is 2.55. The van der Waals surface area contributed by atoms with Gasteiger partial charge in [-0.2, -0.15) is 0 Å². The highest BCUT2D eigenvalue weighted by molar-refractivity contribution is 4.83. The minimum atomic E-state index is 0.675. The van der Waals surface area contributed by atoms with Crippen molar-refractivity contribution in [2.45, 2.75) is 78.8 Å². The maximum absolute atomic E-state index is 3.73. The predicted octanol–water partition coefficient (Wildman–Crippen LogP) is 3.91. The van der Waals surface area contributed by atoms with Crippen LogP contribution in [0.4, 0.5) is 0 Å². The topological polar surface area (TPSA) is 15.3 Å². The van der Waals surface area contributed by atoms with Crippen LogP contribution < -0.4 is 5.32 Å². The molecule has 1 aliphatic rings. The van der Waals surface area contributed by atoms with Gasteiger partial charge in [0.25, 0.3) is 0 Å². The molecule has 0 amide bonds. The monoisotopic (exact) mass is 268 g/mol. The molecule has 0 radical (unpaired) electrons. The van der Waals surface area contributed by atoms with Crippen molar-refractivity contribution < 1.29 is 0 Å². The van der Waals surface area contributed by atoms with Gasteiger partial charge in [0.05, 0.1) is 0 Å². The molecule has 1 heterocycles. The van der Waals surface area contributed by atoms with Crippen molar-refractivity contribution in [2.24, 2.45) is 11.8 Å². The van der Waals surface area contributed by atoms with E-state index in [1.807, 2.05) is 0 Å². The molecule has 3 unspecified atom stereocenters. The van der Waals surface area contributed by atoms with Gasteiger partial charge >= 0.3 is 0 Å². The van der Waals surface area contributed by atoms with Gasteiger partial charge in [-0.3, -0.25) is 4.90 Å². The van der Waals surface area contributed by atoms with Crippen LogP contribution in [0.15, 0.2) is 0 Å². The smallest absolute Gasteiger partial charge is 0.0218 e. The Hall–Kier alpha value is -0.0800. The van der Waals surface area contributed by atoms with Crippen LogP contribution in [0.3, 0.4) is 0 Å². The van der Waals surface area contributed by atoms with E-state index in [-0.39, 0.29) is 0 Å². The third kappa shape index (κ3) is 5.83. The molecule has 1 fully saturated rings. The average Bonchev–Trinajstić information content (AvgIpc) is 2.57. The van der Waals surface area contributed by atoms with Crippen LogP contribution in [0.25, 0.3) is 0 Å². The van der Waals surface area contributed by atoms with Gasteiger partial charge in [0.1, 0.15) is 0 Å². The molecule has 0 aromatic carbocycles. The summed E-state index contributed by atoms with van der Waals surface area (Å²) in [7, 11) is 0. The van der Waals surface area contributed by atoms with Gasteiger partial charge in [-0.15, -0.1) is 0 Å². The summed E-state index contributed by atoms with van der Waals surface area (Å²) in [5, 5.41) is 3.73. The zero-order valence-corrected chi connectivity index (χ0v) is 13.9. The van der Waals surface area contributed by atoms with Gasteiger partial charge in [0, 0.05) is 25.2 Å². The van der Waals surface area contributed by atoms with Crippen LogP contribution in [0.5, 0.6) is 0 Å². The van der Waals surface area contributed by atoms with E-state index in [2.05, 4.69) is 44.8 Å². The second-order valence-electron chi connectivity index (χ2n) is 6.81. The van der Waals surface area contributed by atoms with E-state index < -0.39 is 0 Å². The van der Waals surface area contributed by atoms with E-state index in [4.69, 9.17) is 0 Å². The normalized spacial score (nSPS) is 27.5. The molecule has 114 valence electrons. The highest BCUT2D eigenvalue weighted by atomic mass is 15.2. The second-order valence-corrected chi connectivity index (χ2v) is 6.81. The van der Waals surface area contributed by atoms with Crippen molar-refractivity contribution in [3.8, 4) is 0 Å². The van der Waals surface area contributed by atoms with Gasteiger partial charge in [0.15, 0.2) is 0 Å². The average molecular weight is 268 g/mol. The lowest BCUT2D eigenvalue weighted by atomic mass is 9.97. The third-order valence-electron chi connectivity index (χ3n) is 4.86. The fraction of sp³-hybridized carbons (Fsp3) is 1.00. The Morgan fingerprint density at radius 1 is 1.26 bits per heavy atom. The minimum absolute atomic E-state index is 0.675. The van der Waals surface area contributed by atoms with Gasteiger partial charge in [0.2, 0.25) is 0 Å². The first-order chi connectivity index (χ1) is 9.08. The quantitative estimate of drug-likeness (QED) is 0.753. The summed E-state index contributed by atoms with van der Waals surface area (Å²) < 4.78 is 0. The Labute approximate surface area is 121 Å². The fourth-order valence-corrected chi connectivity index (χ4v) is 3.11. The predicted molar refractivity (Wildman–Crippen MR) is 85.6 cm³/mol. The van der Waals surface area contributed by atoms with E-state index in [0.29, 0.717) is 6.04 Å². The molecule has 0 bridgehead atoms. The Morgan fingerprint density at radius 2 is 2.00 bits per heavy atom. The molecule has 0 saturated carbocycles. The third-order valence-corrected chi connectivity index (χ3v) is 4.86. The van der Waals surface area contributed by atoms with Gasteiger partial charge in [-0.05, 0) is 38.1 Å². The summed E-state index contributed by atoms with van der Waals surface area (Å²) in [5.74, 6) is 1.64. The van der Waals surface area contributed by atoms with Crippen molar-refractivity contribution in [3.63, 3.8) is 0 Å². The molecule has 1 aliphatic heterocycles. The van der Waals surface area contributed by atoms with E-state index in [0.717, 1.165) is 17.9 Å². The molecule has 1 N–H and O–H groups in total. The minimum Gasteiger partial charge on any atom is -0.312 e. The van der Waals surface area contributed by atoms with Crippen LogP contribution >= 0.6 is 0 Å². The molecule has 0 spiro atoms. The number of hydrogen-bond acceptors (Lipinski definition) is 2. The van der Waals surface area contributed by atoms with Gasteiger partial charge in [-0.1, -0.05) is 47.0 Å². The first-order valence-electron chi connectivity index (χ1n) is 8.55. The van der Waals surface area contributed by atoms with Crippen molar-refractivity contribution in [1.29, 1.82) is 0 Å². The highest BCUT2D eigenvalue weighted by Gasteiger charge is 2.25. The molecule has 1 saturated heterocycles. The zero-order chi connectivity index (χ0) is 14.3. The van der Waals surface area contributed by atoms with Gasteiger partial charge in [-0.25, -0.2) is 0 Å². The van der Waals surface area contributed by atoms with Crippen LogP contribution in [0, 0.1) is 11.8 Å². The van der Waals surface area contributed by atoms with Gasteiger partial charge < -0.3 is 5.32 Å². The zero-order valence-electron chi connectivity index (χ0n) is 13.9. The lowest BCUT2D eigenvalue weighted by molar-refractivity contribution is 0.157. The van der Waals surface area contributed by atoms with Crippen molar-refractivity contribution in [1.82, 2.24) is 10.2 Å². The lowest BCUT2D eigenvalue weighted by Crippen LogP contribution is -2.44. The molecule has 0 aromatic rings. The number of nitrogens with one attached hydrogen (secondary N) is 1. The van der Waals surface area contributed by atoms with Crippen molar-refractivity contribution >= 4 is 0 Å². The maximum atomic E-state index is 3.73. The molecule has 2 nitrogen and oxygen atoms in total. The van der Waals surface area contributed by atoms with Crippen molar-refractivity contribution in [3.05, 3.63) is 0 Å². The van der Waals surface area contributed by atoms with Crippen LogP contribution in [-0.2, 0) is 0 Å². The summed E-state index contributed by atoms with van der Waals surface area (Å²) in [6, 6.07) is 1.42. The number of rotatable bonds is 7. The molecule has 1 rings (SSSR count). The standard InChI is InChI=1S/C17H36N2/c1-6-8-9-16(7-2)12-19-13-17(14(3)4)18-11-10-15(19)5/h14-18H,6-13H2,1-5H3. The van der Waals surface area contributed by atoms with E-state index >= 15 is 0 Å². The first kappa shape index (κ1) is 17.0. The molecule has 0 aliphatic carbocycles. The maximum Gasteiger partial charge on any atom is 0.0218 e. The molecule has 0 aromatic heterocycles. The summed E-state index contributed by atoms with van der Waals surface area (Å²) >= 11 is 0. The summed E-state index contributed by atoms with van der Waals surface area (Å²) in [5.41, 5.74) is 0. The molecule has 2 heteroatoms. The SMILES string of the molecule is CCCCC(CC)CN1CC(C(C)C)NCCC1C. The molecule has 19 heavy (non-hydrogen) atoms. The van der Waals surface area contributed by atoms with Crippen LogP contribution in [0.2, 0.25) is 0 Å². The number of unbranched alkanes of at least 4 members (excludes halogenated alkanes) is 1. The molecule has 3 atom stereocenters. The summed E-state index contributed by atoms with van der Waals surface area (Å²) in [6.45, 7) is 15.5. The first-order valence-corrected chi connectivity index (χ1v) is 8.55. The number of hydrogen-bond donors (Lipinski definition) is 1.